The summed E-state index contributed by atoms with van der Waals surface area (Å²) < 4.78 is 14.5. The van der Waals surface area contributed by atoms with Gasteiger partial charge in [0.25, 0.3) is 0 Å². The Kier molecular flexibility index (Phi) is 17.2. The monoisotopic (exact) mass is 1640 g/mol. The van der Waals surface area contributed by atoms with Gasteiger partial charge >= 0.3 is 0 Å². The van der Waals surface area contributed by atoms with E-state index in [0.717, 1.165) is 78.9 Å². The molecule has 0 fully saturated rings. The molecule has 0 N–H and O–H groups in total. The summed E-state index contributed by atoms with van der Waals surface area (Å²) in [6.45, 7) is 0. The molecule has 18 aromatic carbocycles. The third-order valence-corrected chi connectivity index (χ3v) is 27.5. The van der Waals surface area contributed by atoms with E-state index in [0.29, 0.717) is 11.6 Å². The summed E-state index contributed by atoms with van der Waals surface area (Å²) >= 11 is 3.65. The van der Waals surface area contributed by atoms with E-state index in [4.69, 9.17) is 19.9 Å². The molecule has 0 amide bonds. The third-order valence-electron chi connectivity index (χ3n) is 25.1. The maximum atomic E-state index is 5.29. The fourth-order valence-corrected chi connectivity index (χ4v) is 21.8. The van der Waals surface area contributed by atoms with E-state index < -0.39 is 0 Å². The number of rotatable bonds is 12. The lowest BCUT2D eigenvalue weighted by molar-refractivity contribution is 1.18. The van der Waals surface area contributed by atoms with Crippen molar-refractivity contribution in [2.75, 3.05) is 0 Å². The average molecular weight is 1640 g/mol. The summed E-state index contributed by atoms with van der Waals surface area (Å²) in [6, 6.07) is 157. The molecule has 126 heavy (non-hydrogen) atoms. The van der Waals surface area contributed by atoms with Crippen molar-refractivity contribution < 1.29 is 0 Å². The summed E-state index contributed by atoms with van der Waals surface area (Å²) in [7, 11) is 0. The Bertz CT molecular complexity index is 8200. The van der Waals surface area contributed by atoms with Gasteiger partial charge in [0.05, 0.1) is 78.3 Å². The second-order valence-electron chi connectivity index (χ2n) is 32.3. The summed E-state index contributed by atoms with van der Waals surface area (Å²) in [5.41, 5.74) is 28.8. The molecule has 8 aromatic heterocycles. The minimum absolute atomic E-state index is 0.713. The molecule has 0 unspecified atom stereocenters. The fourth-order valence-electron chi connectivity index (χ4n) is 19.4. The van der Waals surface area contributed by atoms with Crippen molar-refractivity contribution in [2.45, 2.75) is 0 Å². The lowest BCUT2D eigenvalue weighted by Gasteiger charge is -2.14. The number of benzene rings is 18. The molecule has 8 heterocycles. The lowest BCUT2D eigenvalue weighted by atomic mass is 10.0. The van der Waals surface area contributed by atoms with Gasteiger partial charge in [-0.3, -0.25) is 0 Å². The van der Waals surface area contributed by atoms with Gasteiger partial charge in [-0.25, -0.2) is 19.9 Å². The van der Waals surface area contributed by atoms with Gasteiger partial charge in [0.1, 0.15) is 0 Å². The molecule has 0 radical (unpaired) electrons. The zero-order valence-electron chi connectivity index (χ0n) is 68.0. The maximum absolute atomic E-state index is 5.29. The largest absolute Gasteiger partial charge is 0.309 e. The molecule has 0 saturated heterocycles. The smallest absolute Gasteiger partial charge is 0.161 e. The van der Waals surface area contributed by atoms with Gasteiger partial charge < -0.3 is 18.3 Å². The topological polar surface area (TPSA) is 71.3 Å². The van der Waals surface area contributed by atoms with Crippen LogP contribution in [0.3, 0.4) is 0 Å². The molecular weight excluding hydrogens is 1570 g/mol. The van der Waals surface area contributed by atoms with Crippen LogP contribution in [-0.2, 0) is 0 Å². The van der Waals surface area contributed by atoms with E-state index in [2.05, 4.69) is 419 Å². The standard InChI is InChI=1S/2C58H36N4S/c1-4-16-37(17-5-1)48-36-49(60-58(59-48)38-18-6-2-7-19-38)44-30-33-54(56-45-24-12-15-27-55(45)63-57(44)56)62-51-26-14-11-23-43(51)47-35-40(29-32-53(47)62)39-28-31-52-46(34-39)42-22-10-13-25-50(42)61(52)41-20-8-3-9-21-41;1-4-16-37(17-5-1)48-36-49(38-18-6-2-7-19-38)60-58(59-48)45-30-33-54(56-44-24-12-15-27-55(44)63-57(45)56)62-51-26-14-11-23-43(51)47-35-40(29-32-53(47)62)39-28-31-52-46(34-39)42-22-10-13-25-50(42)61(52)41-20-8-3-9-21-41/h2*1-36H. The van der Waals surface area contributed by atoms with Crippen LogP contribution in [0.25, 0.3) is 240 Å². The zero-order chi connectivity index (χ0) is 82.9. The summed E-state index contributed by atoms with van der Waals surface area (Å²) in [6.07, 6.45) is 0. The molecule has 0 saturated carbocycles. The second-order valence-corrected chi connectivity index (χ2v) is 34.4. The number of aromatic nitrogens is 8. The molecule has 0 atom stereocenters. The van der Waals surface area contributed by atoms with Crippen LogP contribution in [0.15, 0.2) is 437 Å². The van der Waals surface area contributed by atoms with Crippen LogP contribution in [-0.4, -0.2) is 38.2 Å². The van der Waals surface area contributed by atoms with Crippen molar-refractivity contribution in [3.8, 4) is 113 Å². The van der Waals surface area contributed by atoms with Gasteiger partial charge in [0, 0.05) is 128 Å². The van der Waals surface area contributed by atoms with Crippen LogP contribution in [0.4, 0.5) is 0 Å². The Morgan fingerprint density at radius 3 is 0.841 bits per heavy atom. The van der Waals surface area contributed by atoms with Crippen molar-refractivity contribution in [1.82, 2.24) is 38.2 Å². The van der Waals surface area contributed by atoms with Gasteiger partial charge in [-0.15, -0.1) is 22.7 Å². The summed E-state index contributed by atoms with van der Waals surface area (Å²) in [5, 5.41) is 14.8. The lowest BCUT2D eigenvalue weighted by Crippen LogP contribution is -1.98. The Hall–Kier alpha value is -16.2. The highest BCUT2D eigenvalue weighted by atomic mass is 32.1. The van der Waals surface area contributed by atoms with E-state index in [1.54, 1.807) is 0 Å². The van der Waals surface area contributed by atoms with E-state index >= 15 is 0 Å². The highest BCUT2D eigenvalue weighted by Gasteiger charge is 2.26. The Morgan fingerprint density at radius 1 is 0.175 bits per heavy atom. The molecule has 26 aromatic rings. The van der Waals surface area contributed by atoms with Crippen molar-refractivity contribution >= 4 is 150 Å². The molecule has 0 aliphatic heterocycles. The number of hydrogen-bond donors (Lipinski definition) is 0. The van der Waals surface area contributed by atoms with Crippen molar-refractivity contribution in [1.29, 1.82) is 0 Å². The maximum Gasteiger partial charge on any atom is 0.161 e. The van der Waals surface area contributed by atoms with Gasteiger partial charge in [0.2, 0.25) is 0 Å². The van der Waals surface area contributed by atoms with Gasteiger partial charge in [-0.2, -0.15) is 0 Å². The summed E-state index contributed by atoms with van der Waals surface area (Å²) in [5.74, 6) is 1.43. The number of thiophene rings is 2. The molecule has 10 heteroatoms. The van der Waals surface area contributed by atoms with E-state index in [1.807, 2.05) is 59.1 Å². The molecule has 0 aliphatic rings. The molecular formula is C116H72N8S2. The quantitative estimate of drug-likeness (QED) is 0.122. The SMILES string of the molecule is c1ccc(-c2cc(-c3ccc(-n4c5ccccc5c5cc(-c6ccc7c(c6)c6ccccc6n7-c6ccccc6)ccc54)c4c3sc3ccccc34)nc(-c3ccccc3)n2)cc1.c1ccc(-c2cc(-c3ccccc3)nc(-c3ccc(-n4c5ccccc5c5cc(-c6ccc7c(c6)c6ccccc6n7-c6ccccc6)ccc54)c4c3sc3ccccc34)n2)cc1. The highest BCUT2D eigenvalue weighted by Crippen LogP contribution is 2.50. The fraction of sp³-hybridized carbons (Fsp3) is 0. The predicted octanol–water partition coefficient (Wildman–Crippen LogP) is 31.4. The first kappa shape index (κ1) is 72.6. The highest BCUT2D eigenvalue weighted by molar-refractivity contribution is 7.27. The number of fused-ring (bicyclic) bond motifs is 18. The molecule has 0 bridgehead atoms. The van der Waals surface area contributed by atoms with Crippen LogP contribution >= 0.6 is 22.7 Å². The normalized spacial score (nSPS) is 11.8. The third kappa shape index (κ3) is 12.0. The van der Waals surface area contributed by atoms with Crippen LogP contribution in [0.1, 0.15) is 0 Å². The van der Waals surface area contributed by atoms with Crippen molar-refractivity contribution in [2.24, 2.45) is 0 Å². The molecule has 588 valence electrons. The van der Waals surface area contributed by atoms with Gasteiger partial charge in [-0.1, -0.05) is 291 Å². The minimum Gasteiger partial charge on any atom is -0.309 e. The molecule has 0 spiro atoms. The summed E-state index contributed by atoms with van der Waals surface area (Å²) in [4.78, 5) is 21.0. The molecule has 26 rings (SSSR count). The van der Waals surface area contributed by atoms with Crippen molar-refractivity contribution in [3.63, 3.8) is 0 Å². The number of hydrogen-bond acceptors (Lipinski definition) is 6. The predicted molar refractivity (Wildman–Crippen MR) is 531 cm³/mol. The number of nitrogens with zero attached hydrogens (tertiary/aromatic N) is 8. The Balaban J connectivity index is 0.000000137. The van der Waals surface area contributed by atoms with Crippen LogP contribution in [0.2, 0.25) is 0 Å². The average Bonchev–Trinajstić information content (AvgIpc) is 1.56. The van der Waals surface area contributed by atoms with Crippen LogP contribution in [0.5, 0.6) is 0 Å². The first-order valence-corrected chi connectivity index (χ1v) is 44.3. The second kappa shape index (κ2) is 29.8. The van der Waals surface area contributed by atoms with Crippen LogP contribution < -0.4 is 0 Å². The minimum atomic E-state index is 0.713. The molecule has 8 nitrogen and oxygen atoms in total. The number of para-hydroxylation sites is 6. The van der Waals surface area contributed by atoms with Crippen molar-refractivity contribution in [3.05, 3.63) is 437 Å². The van der Waals surface area contributed by atoms with E-state index in [9.17, 15) is 0 Å². The van der Waals surface area contributed by atoms with E-state index in [-0.39, 0.29) is 0 Å². The van der Waals surface area contributed by atoms with Gasteiger partial charge in [0.15, 0.2) is 11.6 Å². The zero-order valence-corrected chi connectivity index (χ0v) is 69.6. The Labute approximate surface area is 732 Å². The van der Waals surface area contributed by atoms with Crippen LogP contribution in [0, 0.1) is 0 Å². The van der Waals surface area contributed by atoms with E-state index in [1.165, 1.54) is 150 Å². The Morgan fingerprint density at radius 2 is 0.452 bits per heavy atom. The van der Waals surface area contributed by atoms with Gasteiger partial charge in [-0.05, 0) is 168 Å². The molecule has 0 aliphatic carbocycles. The first-order valence-electron chi connectivity index (χ1n) is 42.6. The first-order chi connectivity index (χ1) is 62.5.